The topological polar surface area (TPSA) is 148 Å². The maximum absolute atomic E-state index is 13.1. The predicted octanol–water partition coefficient (Wildman–Crippen LogP) is 0.796. The molecule has 0 saturated carbocycles. The third kappa shape index (κ3) is 6.64. The molecule has 0 spiro atoms. The summed E-state index contributed by atoms with van der Waals surface area (Å²) in [5, 5.41) is 15.8. The van der Waals surface area contributed by atoms with E-state index in [-0.39, 0.29) is 36.5 Å². The molecule has 2 aliphatic heterocycles. The number of aliphatic hydroxyl groups is 1. The Hall–Kier alpha value is -3.31. The van der Waals surface area contributed by atoms with Gasteiger partial charge < -0.3 is 10.4 Å². The van der Waals surface area contributed by atoms with Crippen molar-refractivity contribution >= 4 is 35.2 Å². The van der Waals surface area contributed by atoms with Crippen molar-refractivity contribution in [2.45, 2.75) is 57.4 Å². The molecule has 0 radical (unpaired) electrons. The number of carbonyl (C=O) groups excluding carboxylic acids is 5. The van der Waals surface area contributed by atoms with Gasteiger partial charge in [-0.1, -0.05) is 25.3 Å². The van der Waals surface area contributed by atoms with Gasteiger partial charge in [0.25, 0.3) is 11.8 Å². The second-order valence-corrected chi connectivity index (χ2v) is 8.80. The molecule has 0 aromatic heterocycles. The summed E-state index contributed by atoms with van der Waals surface area (Å²) in [7, 11) is 1.71. The van der Waals surface area contributed by atoms with E-state index in [1.807, 2.05) is 0 Å². The third-order valence-electron chi connectivity index (χ3n) is 6.12. The second kappa shape index (κ2) is 12.4. The van der Waals surface area contributed by atoms with Crippen LogP contribution in [0.3, 0.4) is 0 Å². The van der Waals surface area contributed by atoms with Gasteiger partial charge >= 0.3 is 0 Å². The number of carbonyl (C=O) groups is 5. The van der Waals surface area contributed by atoms with Crippen LogP contribution >= 0.6 is 0 Å². The van der Waals surface area contributed by atoms with E-state index in [1.165, 1.54) is 0 Å². The Morgan fingerprint density at radius 3 is 2.60 bits per heavy atom. The number of nitrogens with one attached hydrogen (secondary N) is 3. The summed E-state index contributed by atoms with van der Waals surface area (Å²) in [6.07, 6.45) is 5.12. The van der Waals surface area contributed by atoms with Crippen LogP contribution in [0.4, 0.5) is 5.69 Å². The molecule has 1 saturated heterocycles. The molecule has 1 fully saturated rings. The average Bonchev–Trinajstić information content (AvgIpc) is 3.06. The van der Waals surface area contributed by atoms with Gasteiger partial charge in [0.2, 0.25) is 17.7 Å². The lowest BCUT2D eigenvalue weighted by atomic mass is 10.0. The third-order valence-corrected chi connectivity index (χ3v) is 6.12. The fourth-order valence-electron chi connectivity index (χ4n) is 4.30. The number of benzene rings is 1. The summed E-state index contributed by atoms with van der Waals surface area (Å²) in [5.74, 6) is -2.13. The number of piperidine rings is 1. The number of fused-ring (bicyclic) bond motifs is 1. The molecule has 1 aromatic rings. The lowest BCUT2D eigenvalue weighted by Crippen LogP contribution is -2.54. The van der Waals surface area contributed by atoms with E-state index in [2.05, 4.69) is 16.1 Å². The highest BCUT2D eigenvalue weighted by molar-refractivity contribution is 6.25. The highest BCUT2D eigenvalue weighted by Crippen LogP contribution is 2.32. The molecule has 11 nitrogen and oxygen atoms in total. The van der Waals surface area contributed by atoms with Crippen LogP contribution in [0, 0.1) is 0 Å². The van der Waals surface area contributed by atoms with Gasteiger partial charge in [-0.25, -0.2) is 5.01 Å². The minimum absolute atomic E-state index is 0.0147. The van der Waals surface area contributed by atoms with E-state index in [1.54, 1.807) is 30.3 Å². The number of aliphatic hydroxyl groups excluding tert-OH is 1. The first kappa shape index (κ1) is 26.3. The largest absolute Gasteiger partial charge is 0.395 e. The van der Waals surface area contributed by atoms with E-state index < -0.39 is 29.7 Å². The summed E-state index contributed by atoms with van der Waals surface area (Å²) in [6.45, 7) is 0.986. The molecule has 2 heterocycles. The second-order valence-electron chi connectivity index (χ2n) is 8.80. The first-order chi connectivity index (χ1) is 16.8. The van der Waals surface area contributed by atoms with Crippen molar-refractivity contribution in [3.05, 3.63) is 29.3 Å². The summed E-state index contributed by atoms with van der Waals surface area (Å²) in [5.41, 5.74) is 3.77. The number of likely N-dealkylation sites (N-methyl/N-ethyl adjacent to an activating group) is 1. The van der Waals surface area contributed by atoms with Gasteiger partial charge in [-0.3, -0.25) is 39.6 Å². The zero-order valence-corrected chi connectivity index (χ0v) is 20.0. The van der Waals surface area contributed by atoms with Crippen LogP contribution in [-0.2, 0) is 14.4 Å². The number of hydrazine groups is 1. The maximum Gasteiger partial charge on any atom is 0.264 e. The molecule has 1 unspecified atom stereocenters. The summed E-state index contributed by atoms with van der Waals surface area (Å²) < 4.78 is 0. The van der Waals surface area contributed by atoms with E-state index in [9.17, 15) is 24.0 Å². The van der Waals surface area contributed by atoms with E-state index >= 15 is 0 Å². The number of imide groups is 2. The van der Waals surface area contributed by atoms with Crippen molar-refractivity contribution in [1.29, 1.82) is 0 Å². The molecule has 0 bridgehead atoms. The number of nitrogens with zero attached hydrogens (tertiary/aromatic N) is 2. The predicted molar refractivity (Wildman–Crippen MR) is 127 cm³/mol. The molecule has 5 amide bonds. The Morgan fingerprint density at radius 2 is 1.86 bits per heavy atom. The highest BCUT2D eigenvalue weighted by Gasteiger charge is 2.45. The molecule has 190 valence electrons. The van der Waals surface area contributed by atoms with Crippen molar-refractivity contribution in [3.63, 3.8) is 0 Å². The number of amides is 5. The van der Waals surface area contributed by atoms with Crippen LogP contribution < -0.4 is 16.1 Å². The molecule has 0 aliphatic carbocycles. The highest BCUT2D eigenvalue weighted by atomic mass is 16.3. The number of hydrogen-bond donors (Lipinski definition) is 4. The van der Waals surface area contributed by atoms with Gasteiger partial charge in [-0.2, -0.15) is 0 Å². The van der Waals surface area contributed by atoms with Crippen molar-refractivity contribution in [2.75, 3.05) is 32.1 Å². The van der Waals surface area contributed by atoms with Crippen LogP contribution in [0.25, 0.3) is 0 Å². The SMILES string of the molecule is CN(CCO)NC(=O)CCCCCCCNc1cccc2c1C(=O)N(C1CCC(=O)NC1=O)C2=O. The first-order valence-electron chi connectivity index (χ1n) is 12.0. The van der Waals surface area contributed by atoms with E-state index in [0.717, 1.165) is 37.0 Å². The van der Waals surface area contributed by atoms with Crippen LogP contribution in [0.5, 0.6) is 0 Å². The standard InChI is InChI=1S/C24H33N5O6/c1-28(14-15-30)27-20(32)10-5-3-2-4-6-13-25-17-9-7-8-16-21(17)24(35)29(23(16)34)18-11-12-19(31)26-22(18)33/h7-9,18,25,30H,2-6,10-15H2,1H3,(H,27,32)(H,26,31,33). The monoisotopic (exact) mass is 487 g/mol. The fraction of sp³-hybridized carbons (Fsp3) is 0.542. The Bertz CT molecular complexity index is 981. The molecule has 3 rings (SSSR count). The smallest absolute Gasteiger partial charge is 0.264 e. The van der Waals surface area contributed by atoms with E-state index in [4.69, 9.17) is 5.11 Å². The fourth-order valence-corrected chi connectivity index (χ4v) is 4.30. The van der Waals surface area contributed by atoms with Crippen molar-refractivity contribution in [1.82, 2.24) is 20.7 Å². The summed E-state index contributed by atoms with van der Waals surface area (Å²) >= 11 is 0. The summed E-state index contributed by atoms with van der Waals surface area (Å²) in [6, 6.07) is 4.03. The molecular formula is C24H33N5O6. The van der Waals surface area contributed by atoms with Crippen LogP contribution in [0.2, 0.25) is 0 Å². The van der Waals surface area contributed by atoms with Gasteiger partial charge in [-0.15, -0.1) is 0 Å². The minimum Gasteiger partial charge on any atom is -0.395 e. The summed E-state index contributed by atoms with van der Waals surface area (Å²) in [4.78, 5) is 62.3. The molecule has 4 N–H and O–H groups in total. The van der Waals surface area contributed by atoms with Gasteiger partial charge in [-0.05, 0) is 31.4 Å². The lowest BCUT2D eigenvalue weighted by molar-refractivity contribution is -0.136. The zero-order valence-electron chi connectivity index (χ0n) is 20.0. The number of rotatable bonds is 13. The molecule has 35 heavy (non-hydrogen) atoms. The number of hydrogen-bond acceptors (Lipinski definition) is 8. The molecular weight excluding hydrogens is 454 g/mol. The van der Waals surface area contributed by atoms with Crippen LogP contribution in [0.15, 0.2) is 18.2 Å². The minimum atomic E-state index is -0.981. The Morgan fingerprint density at radius 1 is 1.11 bits per heavy atom. The van der Waals surface area contributed by atoms with Crippen molar-refractivity contribution in [2.24, 2.45) is 0 Å². The Kier molecular flexibility index (Phi) is 9.32. The molecule has 11 heteroatoms. The van der Waals surface area contributed by atoms with Crippen molar-refractivity contribution < 1.29 is 29.1 Å². The molecule has 2 aliphatic rings. The first-order valence-corrected chi connectivity index (χ1v) is 12.0. The number of anilines is 1. The molecule has 1 atom stereocenters. The normalized spacial score (nSPS) is 17.6. The lowest BCUT2D eigenvalue weighted by Gasteiger charge is -2.27. The zero-order chi connectivity index (χ0) is 25.4. The van der Waals surface area contributed by atoms with Crippen LogP contribution in [-0.4, -0.2) is 77.3 Å². The van der Waals surface area contributed by atoms with Gasteiger partial charge in [0, 0.05) is 38.7 Å². The van der Waals surface area contributed by atoms with Gasteiger partial charge in [0.15, 0.2) is 0 Å². The molecule has 1 aromatic carbocycles. The maximum atomic E-state index is 13.1. The quantitative estimate of drug-likeness (QED) is 0.181. The van der Waals surface area contributed by atoms with Gasteiger partial charge in [0.1, 0.15) is 6.04 Å². The number of unbranched alkanes of at least 4 members (excludes halogenated alkanes) is 4. The Balaban J connectivity index is 1.42. The average molecular weight is 488 g/mol. The van der Waals surface area contributed by atoms with E-state index in [0.29, 0.717) is 25.2 Å². The van der Waals surface area contributed by atoms with Gasteiger partial charge in [0.05, 0.1) is 17.7 Å². The van der Waals surface area contributed by atoms with Crippen LogP contribution in [0.1, 0.15) is 72.1 Å². The Labute approximate surface area is 204 Å². The van der Waals surface area contributed by atoms with Crippen molar-refractivity contribution in [3.8, 4) is 0 Å².